The van der Waals surface area contributed by atoms with Crippen LogP contribution in [0.3, 0.4) is 0 Å². The van der Waals surface area contributed by atoms with Gasteiger partial charge in [-0.25, -0.2) is 0 Å². The van der Waals surface area contributed by atoms with E-state index in [1.807, 2.05) is 0 Å². The van der Waals surface area contributed by atoms with Crippen molar-refractivity contribution in [2.24, 2.45) is 0 Å². The Hall–Kier alpha value is -0.0400. The molecule has 0 aromatic carbocycles. The molecule has 0 saturated heterocycles. The quantitative estimate of drug-likeness (QED) is 0.545. The molecule has 0 aliphatic heterocycles. The molecule has 0 atom stereocenters. The van der Waals surface area contributed by atoms with Gasteiger partial charge in [0.15, 0.2) is 0 Å². The van der Waals surface area contributed by atoms with Crippen LogP contribution in [0.15, 0.2) is 0 Å². The highest BCUT2D eigenvalue weighted by atomic mass is 16.5. The lowest BCUT2D eigenvalue weighted by Crippen LogP contribution is -2.11. The molecule has 0 aromatic heterocycles. The molecular weight excluding hydrogens is 100 g/mol. The van der Waals surface area contributed by atoms with E-state index >= 15 is 0 Å². The summed E-state index contributed by atoms with van der Waals surface area (Å²) < 4.78 is 5.49. The van der Waals surface area contributed by atoms with Crippen molar-refractivity contribution >= 4 is 0 Å². The van der Waals surface area contributed by atoms with Gasteiger partial charge >= 0.3 is 0 Å². The van der Waals surface area contributed by atoms with Crippen LogP contribution in [-0.4, -0.2) is 12.2 Å². The van der Waals surface area contributed by atoms with Crippen molar-refractivity contribution in [3.63, 3.8) is 0 Å². The van der Waals surface area contributed by atoms with Crippen molar-refractivity contribution < 1.29 is 4.74 Å². The minimum absolute atomic E-state index is 0.342. The van der Waals surface area contributed by atoms with Crippen LogP contribution in [0, 0.1) is 0 Å². The fourth-order valence-electron chi connectivity index (χ4n) is 1.05. The van der Waals surface area contributed by atoms with E-state index < -0.39 is 0 Å². The van der Waals surface area contributed by atoms with Crippen LogP contribution in [0.4, 0.5) is 0 Å². The zero-order chi connectivity index (χ0) is 6.04. The Morgan fingerprint density at radius 3 is 2.12 bits per heavy atom. The molecular formula is C7H14O. The Kier molecular flexibility index (Phi) is 1.57. The Morgan fingerprint density at radius 2 is 2.00 bits per heavy atom. The molecule has 1 fully saturated rings. The fraction of sp³-hybridized carbons (Fsp3) is 1.00. The molecule has 0 amide bonds. The van der Waals surface area contributed by atoms with E-state index in [9.17, 15) is 0 Å². The lowest BCUT2D eigenvalue weighted by Gasteiger charge is -2.10. The molecule has 0 aromatic rings. The van der Waals surface area contributed by atoms with Gasteiger partial charge in [0.25, 0.3) is 0 Å². The maximum atomic E-state index is 5.49. The first-order valence-electron chi connectivity index (χ1n) is 3.47. The fourth-order valence-corrected chi connectivity index (χ4v) is 1.05. The highest BCUT2D eigenvalue weighted by Crippen LogP contribution is 2.42. The summed E-state index contributed by atoms with van der Waals surface area (Å²) in [4.78, 5) is 0. The van der Waals surface area contributed by atoms with Gasteiger partial charge in [0.1, 0.15) is 0 Å². The smallest absolute Gasteiger partial charge is 0.0682 e. The molecule has 0 N–H and O–H groups in total. The summed E-state index contributed by atoms with van der Waals surface area (Å²) in [5.41, 5.74) is 0.342. The van der Waals surface area contributed by atoms with Crippen molar-refractivity contribution in [1.29, 1.82) is 0 Å². The van der Waals surface area contributed by atoms with E-state index in [4.69, 9.17) is 4.74 Å². The van der Waals surface area contributed by atoms with Crippen LogP contribution in [0.2, 0.25) is 0 Å². The first-order valence-corrected chi connectivity index (χ1v) is 3.47. The van der Waals surface area contributed by atoms with Crippen LogP contribution >= 0.6 is 0 Å². The second kappa shape index (κ2) is 2.06. The van der Waals surface area contributed by atoms with Crippen LogP contribution < -0.4 is 0 Å². The van der Waals surface area contributed by atoms with Gasteiger partial charge < -0.3 is 4.74 Å². The van der Waals surface area contributed by atoms with E-state index in [2.05, 4.69) is 13.8 Å². The second-order valence-electron chi connectivity index (χ2n) is 2.47. The van der Waals surface area contributed by atoms with Crippen molar-refractivity contribution in [2.45, 2.75) is 38.7 Å². The van der Waals surface area contributed by atoms with Gasteiger partial charge in [-0.1, -0.05) is 6.92 Å². The summed E-state index contributed by atoms with van der Waals surface area (Å²) in [6, 6.07) is 0. The molecule has 1 aliphatic rings. The summed E-state index contributed by atoms with van der Waals surface area (Å²) in [5, 5.41) is 0. The third-order valence-electron chi connectivity index (χ3n) is 1.90. The molecule has 1 rings (SSSR count). The first-order chi connectivity index (χ1) is 3.83. The number of rotatable bonds is 3. The van der Waals surface area contributed by atoms with Crippen LogP contribution in [0.25, 0.3) is 0 Å². The summed E-state index contributed by atoms with van der Waals surface area (Å²) in [7, 11) is 0. The highest BCUT2D eigenvalue weighted by molar-refractivity contribution is 4.93. The van der Waals surface area contributed by atoms with Crippen molar-refractivity contribution in [2.75, 3.05) is 6.61 Å². The summed E-state index contributed by atoms with van der Waals surface area (Å²) in [6.45, 7) is 5.15. The predicted octanol–water partition coefficient (Wildman–Crippen LogP) is 1.97. The average Bonchev–Trinajstić information content (AvgIpc) is 2.50. The molecule has 8 heavy (non-hydrogen) atoms. The van der Waals surface area contributed by atoms with Gasteiger partial charge in [0, 0.05) is 6.61 Å². The maximum absolute atomic E-state index is 5.49. The standard InChI is InChI=1S/C7H14O/c1-3-7(5-6-7)8-4-2/h3-6H2,1-2H3. The van der Waals surface area contributed by atoms with Crippen molar-refractivity contribution in [1.82, 2.24) is 0 Å². The van der Waals surface area contributed by atoms with E-state index in [1.54, 1.807) is 0 Å². The number of ether oxygens (including phenoxy) is 1. The normalized spacial score (nSPS) is 23.2. The van der Waals surface area contributed by atoms with Gasteiger partial charge in [-0.15, -0.1) is 0 Å². The van der Waals surface area contributed by atoms with Gasteiger partial charge in [-0.2, -0.15) is 0 Å². The molecule has 1 saturated carbocycles. The monoisotopic (exact) mass is 114 g/mol. The molecule has 0 unspecified atom stereocenters. The Balaban J connectivity index is 2.20. The maximum Gasteiger partial charge on any atom is 0.0682 e. The van der Waals surface area contributed by atoms with E-state index in [0.29, 0.717) is 5.60 Å². The third-order valence-corrected chi connectivity index (χ3v) is 1.90. The van der Waals surface area contributed by atoms with Gasteiger partial charge in [-0.3, -0.25) is 0 Å². The topological polar surface area (TPSA) is 9.23 Å². The van der Waals surface area contributed by atoms with Gasteiger partial charge in [0.2, 0.25) is 0 Å². The van der Waals surface area contributed by atoms with Crippen LogP contribution in [-0.2, 0) is 4.74 Å². The zero-order valence-corrected chi connectivity index (χ0v) is 5.74. The van der Waals surface area contributed by atoms with Crippen LogP contribution in [0.5, 0.6) is 0 Å². The third kappa shape index (κ3) is 1.03. The Morgan fingerprint density at radius 1 is 1.38 bits per heavy atom. The Labute approximate surface area is 51.0 Å². The van der Waals surface area contributed by atoms with Crippen molar-refractivity contribution in [3.8, 4) is 0 Å². The van der Waals surface area contributed by atoms with E-state index in [-0.39, 0.29) is 0 Å². The van der Waals surface area contributed by atoms with E-state index in [1.165, 1.54) is 19.3 Å². The average molecular weight is 114 g/mol. The van der Waals surface area contributed by atoms with E-state index in [0.717, 1.165) is 6.61 Å². The molecule has 0 radical (unpaired) electrons. The Bertz CT molecular complexity index is 74.5. The number of hydrogen-bond donors (Lipinski definition) is 0. The summed E-state index contributed by atoms with van der Waals surface area (Å²) in [5.74, 6) is 0. The van der Waals surface area contributed by atoms with Crippen LogP contribution in [0.1, 0.15) is 33.1 Å². The summed E-state index contributed by atoms with van der Waals surface area (Å²) in [6.07, 6.45) is 3.77. The highest BCUT2D eigenvalue weighted by Gasteiger charge is 2.41. The molecule has 0 spiro atoms. The van der Waals surface area contributed by atoms with Crippen molar-refractivity contribution in [3.05, 3.63) is 0 Å². The second-order valence-corrected chi connectivity index (χ2v) is 2.47. The molecule has 0 bridgehead atoms. The first kappa shape index (κ1) is 6.09. The molecule has 1 heteroatoms. The summed E-state index contributed by atoms with van der Waals surface area (Å²) >= 11 is 0. The van der Waals surface area contributed by atoms with Gasteiger partial charge in [0.05, 0.1) is 5.60 Å². The largest absolute Gasteiger partial charge is 0.375 e. The lowest BCUT2D eigenvalue weighted by atomic mass is 10.2. The molecule has 1 nitrogen and oxygen atoms in total. The molecule has 1 aliphatic carbocycles. The van der Waals surface area contributed by atoms with Gasteiger partial charge in [-0.05, 0) is 26.2 Å². The molecule has 48 valence electrons. The minimum atomic E-state index is 0.342. The predicted molar refractivity (Wildman–Crippen MR) is 33.9 cm³/mol. The SMILES string of the molecule is CCOC1(CC)CC1. The number of hydrogen-bond acceptors (Lipinski definition) is 1. The lowest BCUT2D eigenvalue weighted by molar-refractivity contribution is 0.0393. The molecule has 0 heterocycles. The minimum Gasteiger partial charge on any atom is -0.375 e. The zero-order valence-electron chi connectivity index (χ0n) is 5.74.